The largest absolute Gasteiger partial charge is 0.274 e. The lowest BCUT2D eigenvalue weighted by molar-refractivity contribution is 0.828. The third-order valence-electron chi connectivity index (χ3n) is 4.31. The standard InChI is InChI=1S/C20H18N4S/c1-14-3-2-4-18(11-14)24-19(17-9-10-17)22-23-20(24)25-13-16-7-5-15(12-21)6-8-16/h2-8,11,17H,9-10,13H2,1H3. The van der Waals surface area contributed by atoms with Gasteiger partial charge in [0, 0.05) is 17.4 Å². The molecule has 5 heteroatoms. The molecule has 1 fully saturated rings. The molecule has 0 bridgehead atoms. The number of hydrogen-bond donors (Lipinski definition) is 0. The van der Waals surface area contributed by atoms with Gasteiger partial charge >= 0.3 is 0 Å². The number of thioether (sulfide) groups is 1. The molecule has 1 aliphatic rings. The molecule has 0 aliphatic heterocycles. The van der Waals surface area contributed by atoms with Crippen LogP contribution < -0.4 is 0 Å². The second-order valence-electron chi connectivity index (χ2n) is 6.39. The summed E-state index contributed by atoms with van der Waals surface area (Å²) in [5.74, 6) is 2.42. The molecule has 2 aromatic carbocycles. The fourth-order valence-electron chi connectivity index (χ4n) is 2.81. The smallest absolute Gasteiger partial charge is 0.196 e. The van der Waals surface area contributed by atoms with Crippen molar-refractivity contribution in [1.82, 2.24) is 14.8 Å². The summed E-state index contributed by atoms with van der Waals surface area (Å²) in [6, 6.07) is 18.4. The van der Waals surface area contributed by atoms with Crippen molar-refractivity contribution in [3.63, 3.8) is 0 Å². The first kappa shape index (κ1) is 15.9. The second-order valence-corrected chi connectivity index (χ2v) is 7.33. The van der Waals surface area contributed by atoms with E-state index < -0.39 is 0 Å². The molecule has 0 amide bonds. The predicted octanol–water partition coefficient (Wildman–Crippen LogP) is 4.62. The van der Waals surface area contributed by atoms with Gasteiger partial charge in [0.2, 0.25) is 0 Å². The summed E-state index contributed by atoms with van der Waals surface area (Å²) in [7, 11) is 0. The van der Waals surface area contributed by atoms with Gasteiger partial charge in [-0.3, -0.25) is 4.57 Å². The van der Waals surface area contributed by atoms with E-state index in [2.05, 4.69) is 52.0 Å². The molecule has 124 valence electrons. The van der Waals surface area contributed by atoms with E-state index in [0.29, 0.717) is 11.5 Å². The van der Waals surface area contributed by atoms with E-state index in [9.17, 15) is 0 Å². The van der Waals surface area contributed by atoms with Crippen molar-refractivity contribution in [1.29, 1.82) is 5.26 Å². The van der Waals surface area contributed by atoms with Crippen LogP contribution in [0.25, 0.3) is 5.69 Å². The van der Waals surface area contributed by atoms with Crippen LogP contribution in [-0.4, -0.2) is 14.8 Å². The Balaban J connectivity index is 1.62. The maximum Gasteiger partial charge on any atom is 0.196 e. The number of rotatable bonds is 5. The molecular weight excluding hydrogens is 328 g/mol. The number of benzene rings is 2. The van der Waals surface area contributed by atoms with Crippen LogP contribution in [0.3, 0.4) is 0 Å². The number of aromatic nitrogens is 3. The maximum atomic E-state index is 8.91. The van der Waals surface area contributed by atoms with Gasteiger partial charge in [0.05, 0.1) is 11.6 Å². The molecule has 0 N–H and O–H groups in total. The minimum Gasteiger partial charge on any atom is -0.274 e. The molecule has 25 heavy (non-hydrogen) atoms. The zero-order chi connectivity index (χ0) is 17.2. The summed E-state index contributed by atoms with van der Waals surface area (Å²) in [6.07, 6.45) is 2.40. The van der Waals surface area contributed by atoms with E-state index in [1.807, 2.05) is 24.3 Å². The third kappa shape index (κ3) is 3.45. The Labute approximate surface area is 151 Å². The Bertz CT molecular complexity index is 933. The van der Waals surface area contributed by atoms with Crippen LogP contribution in [0.2, 0.25) is 0 Å². The van der Waals surface area contributed by atoms with Gasteiger partial charge in [0.1, 0.15) is 5.82 Å². The molecular formula is C20H18N4S. The first-order chi connectivity index (χ1) is 12.2. The second kappa shape index (κ2) is 6.73. The Morgan fingerprint density at radius 1 is 1.16 bits per heavy atom. The van der Waals surface area contributed by atoms with Crippen LogP contribution in [0.5, 0.6) is 0 Å². The zero-order valence-electron chi connectivity index (χ0n) is 14.0. The van der Waals surface area contributed by atoms with Gasteiger partial charge in [-0.1, -0.05) is 36.0 Å². The monoisotopic (exact) mass is 346 g/mol. The maximum absolute atomic E-state index is 8.91. The number of aryl methyl sites for hydroxylation is 1. The molecule has 4 rings (SSSR count). The average molecular weight is 346 g/mol. The van der Waals surface area contributed by atoms with Gasteiger partial charge in [-0.05, 0) is 55.2 Å². The molecule has 4 nitrogen and oxygen atoms in total. The van der Waals surface area contributed by atoms with E-state index >= 15 is 0 Å². The van der Waals surface area contributed by atoms with Gasteiger partial charge in [-0.2, -0.15) is 5.26 Å². The Morgan fingerprint density at radius 3 is 2.64 bits per heavy atom. The number of nitriles is 1. The van der Waals surface area contributed by atoms with Crippen LogP contribution in [0, 0.1) is 18.3 Å². The highest BCUT2D eigenvalue weighted by atomic mass is 32.2. The minimum absolute atomic E-state index is 0.539. The van der Waals surface area contributed by atoms with Crippen molar-refractivity contribution < 1.29 is 0 Å². The molecule has 0 unspecified atom stereocenters. The normalized spacial score (nSPS) is 13.6. The molecule has 1 saturated carbocycles. The van der Waals surface area contributed by atoms with E-state index in [4.69, 9.17) is 5.26 Å². The zero-order valence-corrected chi connectivity index (χ0v) is 14.8. The first-order valence-corrected chi connectivity index (χ1v) is 9.37. The van der Waals surface area contributed by atoms with Crippen molar-refractivity contribution in [3.8, 4) is 11.8 Å². The lowest BCUT2D eigenvalue weighted by atomic mass is 10.2. The molecule has 0 saturated heterocycles. The van der Waals surface area contributed by atoms with Gasteiger partial charge in [-0.15, -0.1) is 10.2 Å². The molecule has 3 aromatic rings. The van der Waals surface area contributed by atoms with Crippen LogP contribution in [0.15, 0.2) is 53.7 Å². The van der Waals surface area contributed by atoms with Crippen molar-refractivity contribution in [2.24, 2.45) is 0 Å². The highest BCUT2D eigenvalue weighted by Gasteiger charge is 2.31. The summed E-state index contributed by atoms with van der Waals surface area (Å²) >= 11 is 1.69. The molecule has 0 atom stereocenters. The molecule has 0 spiro atoms. The first-order valence-electron chi connectivity index (χ1n) is 8.39. The fourth-order valence-corrected chi connectivity index (χ4v) is 3.73. The Hall–Kier alpha value is -2.58. The summed E-state index contributed by atoms with van der Waals surface area (Å²) in [4.78, 5) is 0. The van der Waals surface area contributed by atoms with Crippen molar-refractivity contribution in [2.45, 2.75) is 36.6 Å². The number of hydrogen-bond acceptors (Lipinski definition) is 4. The van der Waals surface area contributed by atoms with Crippen LogP contribution in [0.4, 0.5) is 0 Å². The molecule has 0 radical (unpaired) electrons. The van der Waals surface area contributed by atoms with Gasteiger partial charge in [0.25, 0.3) is 0 Å². The Kier molecular flexibility index (Phi) is 4.29. The predicted molar refractivity (Wildman–Crippen MR) is 98.8 cm³/mol. The fraction of sp³-hybridized carbons (Fsp3) is 0.250. The van der Waals surface area contributed by atoms with Gasteiger partial charge in [0.15, 0.2) is 5.16 Å². The highest BCUT2D eigenvalue weighted by Crippen LogP contribution is 2.41. The van der Waals surface area contributed by atoms with E-state index in [1.54, 1.807) is 11.8 Å². The highest BCUT2D eigenvalue weighted by molar-refractivity contribution is 7.98. The van der Waals surface area contributed by atoms with Crippen molar-refractivity contribution in [2.75, 3.05) is 0 Å². The lowest BCUT2D eigenvalue weighted by Gasteiger charge is -2.10. The van der Waals surface area contributed by atoms with Crippen molar-refractivity contribution >= 4 is 11.8 Å². The SMILES string of the molecule is Cc1cccc(-n2c(SCc3ccc(C#N)cc3)nnc2C2CC2)c1. The minimum atomic E-state index is 0.539. The van der Waals surface area contributed by atoms with Crippen LogP contribution >= 0.6 is 11.8 Å². The van der Waals surface area contributed by atoms with Crippen molar-refractivity contribution in [3.05, 3.63) is 71.0 Å². The van der Waals surface area contributed by atoms with E-state index in [1.165, 1.54) is 24.0 Å². The summed E-state index contributed by atoms with van der Waals surface area (Å²) in [5, 5.41) is 18.8. The summed E-state index contributed by atoms with van der Waals surface area (Å²) in [5.41, 5.74) is 4.23. The third-order valence-corrected chi connectivity index (χ3v) is 5.31. The molecule has 1 aliphatic carbocycles. The quantitative estimate of drug-likeness (QED) is 0.633. The average Bonchev–Trinajstić information content (AvgIpc) is 3.40. The van der Waals surface area contributed by atoms with Gasteiger partial charge in [-0.25, -0.2) is 0 Å². The van der Waals surface area contributed by atoms with Gasteiger partial charge < -0.3 is 0 Å². The topological polar surface area (TPSA) is 54.5 Å². The van der Waals surface area contributed by atoms with E-state index in [0.717, 1.165) is 22.4 Å². The lowest BCUT2D eigenvalue weighted by Crippen LogP contribution is -2.02. The van der Waals surface area contributed by atoms with Crippen LogP contribution in [0.1, 0.15) is 41.3 Å². The molecule has 1 heterocycles. The molecule has 1 aromatic heterocycles. The van der Waals surface area contributed by atoms with Crippen LogP contribution in [-0.2, 0) is 5.75 Å². The summed E-state index contributed by atoms with van der Waals surface area (Å²) in [6.45, 7) is 2.11. The summed E-state index contributed by atoms with van der Waals surface area (Å²) < 4.78 is 2.21. The Morgan fingerprint density at radius 2 is 1.96 bits per heavy atom. The van der Waals surface area contributed by atoms with E-state index in [-0.39, 0.29) is 0 Å². The number of nitrogens with zero attached hydrogens (tertiary/aromatic N) is 4.